The van der Waals surface area contributed by atoms with E-state index in [2.05, 4.69) is 11.6 Å². The molecule has 10 heteroatoms. The van der Waals surface area contributed by atoms with Gasteiger partial charge in [0.25, 0.3) is 5.56 Å². The van der Waals surface area contributed by atoms with Gasteiger partial charge in [0, 0.05) is 5.56 Å². The van der Waals surface area contributed by atoms with Gasteiger partial charge in [-0.05, 0) is 68.7 Å². The van der Waals surface area contributed by atoms with Crippen LogP contribution in [0.1, 0.15) is 43.5 Å². The maximum Gasteiger partial charge on any atom is 0.338 e. The van der Waals surface area contributed by atoms with E-state index in [1.165, 1.54) is 15.9 Å². The van der Waals surface area contributed by atoms with Crippen molar-refractivity contribution < 1.29 is 28.8 Å². The Morgan fingerprint density at radius 3 is 2.77 bits per heavy atom. The Kier molecular flexibility index (Phi) is 7.30. The number of rotatable bonds is 8. The molecule has 0 bridgehead atoms. The molecule has 2 aliphatic rings. The first-order valence-electron chi connectivity index (χ1n) is 12.5. The van der Waals surface area contributed by atoms with Crippen LogP contribution in [0.3, 0.4) is 0 Å². The zero-order valence-electron chi connectivity index (χ0n) is 21.9. The lowest BCUT2D eigenvalue weighted by molar-refractivity contribution is -0.139. The minimum absolute atomic E-state index is 0.0490. The average molecular weight is 549 g/mol. The van der Waals surface area contributed by atoms with Crippen molar-refractivity contribution in [2.75, 3.05) is 20.0 Å². The van der Waals surface area contributed by atoms with Crippen LogP contribution in [-0.2, 0) is 16.0 Å². The van der Waals surface area contributed by atoms with E-state index in [0.717, 1.165) is 0 Å². The minimum Gasteiger partial charge on any atom is -0.504 e. The molecule has 2 aliphatic heterocycles. The monoisotopic (exact) mass is 548 g/mol. The number of nitrogens with zero attached hydrogens (tertiary/aromatic N) is 2. The Hall–Kier alpha value is -4.31. The van der Waals surface area contributed by atoms with Crippen LogP contribution in [0.15, 0.2) is 64.0 Å². The molecule has 0 saturated heterocycles. The van der Waals surface area contributed by atoms with Gasteiger partial charge in [-0.15, -0.1) is 6.58 Å². The van der Waals surface area contributed by atoms with Gasteiger partial charge in [-0.25, -0.2) is 9.79 Å². The van der Waals surface area contributed by atoms with Crippen molar-refractivity contribution in [3.05, 3.63) is 90.6 Å². The highest BCUT2D eigenvalue weighted by Gasteiger charge is 2.34. The molecule has 1 aromatic heterocycles. The number of allylic oxidation sites excluding steroid dienone is 2. The van der Waals surface area contributed by atoms with Crippen molar-refractivity contribution >= 4 is 23.4 Å². The predicted molar refractivity (Wildman–Crippen MR) is 146 cm³/mol. The predicted octanol–water partition coefficient (Wildman–Crippen LogP) is 3.36. The van der Waals surface area contributed by atoms with Crippen LogP contribution in [0, 0.1) is 0 Å². The highest BCUT2D eigenvalue weighted by atomic mass is 32.1. The van der Waals surface area contributed by atoms with E-state index in [0.29, 0.717) is 62.0 Å². The molecular formula is C29H28N2O7S. The lowest BCUT2D eigenvalue weighted by Gasteiger charge is -2.24. The van der Waals surface area contributed by atoms with Gasteiger partial charge >= 0.3 is 5.97 Å². The Bertz CT molecular complexity index is 1680. The Balaban J connectivity index is 1.70. The van der Waals surface area contributed by atoms with E-state index < -0.39 is 12.0 Å². The molecule has 0 unspecified atom stereocenters. The molecule has 202 valence electrons. The first-order valence-corrected chi connectivity index (χ1v) is 13.4. The van der Waals surface area contributed by atoms with Crippen molar-refractivity contribution in [2.24, 2.45) is 4.99 Å². The second kappa shape index (κ2) is 10.8. The summed E-state index contributed by atoms with van der Waals surface area (Å²) in [6.45, 7) is 9.72. The zero-order chi connectivity index (χ0) is 27.7. The van der Waals surface area contributed by atoms with Crippen LogP contribution in [0.4, 0.5) is 0 Å². The maximum atomic E-state index is 13.9. The number of hydrogen-bond acceptors (Lipinski definition) is 9. The van der Waals surface area contributed by atoms with Crippen LogP contribution in [0.5, 0.6) is 23.0 Å². The number of benzene rings is 2. The van der Waals surface area contributed by atoms with Crippen LogP contribution >= 0.6 is 11.3 Å². The molecule has 3 heterocycles. The number of fused-ring (bicyclic) bond motifs is 2. The SMILES string of the molecule is C=CCc1cc(/C=c2/sc3n(c2=O)[C@@H](c2ccc4c(c2)OCO4)C(C(=O)OCC)=C(C)N=3)cc(OCC)c1O. The van der Waals surface area contributed by atoms with Crippen LogP contribution in [0.2, 0.25) is 0 Å². The average Bonchev–Trinajstić information content (AvgIpc) is 3.50. The number of phenols is 1. The minimum atomic E-state index is -0.771. The fourth-order valence-corrected chi connectivity index (χ4v) is 5.74. The first-order chi connectivity index (χ1) is 18.9. The van der Waals surface area contributed by atoms with E-state index >= 15 is 0 Å². The number of phenolic OH excluding ortho intramolecular Hbond substituents is 1. The van der Waals surface area contributed by atoms with E-state index in [1.807, 2.05) is 13.0 Å². The molecule has 0 amide bonds. The fraction of sp³-hybridized carbons (Fsp3) is 0.276. The summed E-state index contributed by atoms with van der Waals surface area (Å²) >= 11 is 1.22. The van der Waals surface area contributed by atoms with Gasteiger partial charge in [0.05, 0.1) is 35.1 Å². The van der Waals surface area contributed by atoms with Gasteiger partial charge in [0.15, 0.2) is 27.8 Å². The fourth-order valence-electron chi connectivity index (χ4n) is 4.69. The highest BCUT2D eigenvalue weighted by Crippen LogP contribution is 2.38. The Morgan fingerprint density at radius 1 is 1.23 bits per heavy atom. The standard InChI is InChI=1S/C29H28N2O7S/c1-5-8-19-11-17(12-22(26(19)32)35-6-2)13-23-27(33)31-25(18-9-10-20-21(14-18)38-15-37-20)24(28(34)36-7-3)16(4)30-29(31)39-23/h5,9-14,25,32H,1,6-8,15H2,2-4H3/b23-13+/t25-/m0/s1. The third-order valence-corrected chi connectivity index (χ3v) is 7.35. The van der Waals surface area contributed by atoms with Gasteiger partial charge < -0.3 is 24.1 Å². The van der Waals surface area contributed by atoms with Gasteiger partial charge in [0.2, 0.25) is 6.79 Å². The smallest absolute Gasteiger partial charge is 0.338 e. The Labute approximate surface area is 228 Å². The molecular weight excluding hydrogens is 520 g/mol. The number of thiazole rings is 1. The number of hydrogen-bond donors (Lipinski definition) is 1. The summed E-state index contributed by atoms with van der Waals surface area (Å²) in [5.74, 6) is 0.971. The van der Waals surface area contributed by atoms with E-state index in [-0.39, 0.29) is 30.3 Å². The number of carbonyl (C=O) groups excluding carboxylic acids is 1. The molecule has 3 aromatic rings. The molecule has 0 aliphatic carbocycles. The van der Waals surface area contributed by atoms with Gasteiger partial charge in [-0.1, -0.05) is 23.5 Å². The van der Waals surface area contributed by atoms with Gasteiger partial charge in [-0.3, -0.25) is 9.36 Å². The highest BCUT2D eigenvalue weighted by molar-refractivity contribution is 7.07. The van der Waals surface area contributed by atoms with Gasteiger partial charge in [-0.2, -0.15) is 0 Å². The lowest BCUT2D eigenvalue weighted by Crippen LogP contribution is -2.39. The molecule has 1 N–H and O–H groups in total. The number of carbonyl (C=O) groups is 1. The van der Waals surface area contributed by atoms with Crippen LogP contribution < -0.4 is 29.1 Å². The van der Waals surface area contributed by atoms with Crippen molar-refractivity contribution in [2.45, 2.75) is 33.2 Å². The largest absolute Gasteiger partial charge is 0.504 e. The molecule has 0 saturated carbocycles. The summed E-state index contributed by atoms with van der Waals surface area (Å²) in [5, 5.41) is 10.6. The Morgan fingerprint density at radius 2 is 2.03 bits per heavy atom. The maximum absolute atomic E-state index is 13.9. The number of aromatic hydroxyl groups is 1. The van der Waals surface area contributed by atoms with E-state index in [9.17, 15) is 14.7 Å². The second-order valence-electron chi connectivity index (χ2n) is 8.87. The van der Waals surface area contributed by atoms with Crippen LogP contribution in [0.25, 0.3) is 6.08 Å². The van der Waals surface area contributed by atoms with E-state index in [4.69, 9.17) is 18.9 Å². The number of ether oxygens (including phenoxy) is 4. The molecule has 5 rings (SSSR count). The number of aromatic nitrogens is 1. The zero-order valence-corrected chi connectivity index (χ0v) is 22.7. The number of esters is 1. The quantitative estimate of drug-likeness (QED) is 0.340. The van der Waals surface area contributed by atoms with Crippen molar-refractivity contribution in [1.29, 1.82) is 0 Å². The lowest BCUT2D eigenvalue weighted by atomic mass is 9.95. The van der Waals surface area contributed by atoms with Crippen molar-refractivity contribution in [1.82, 2.24) is 4.57 Å². The third kappa shape index (κ3) is 4.83. The summed E-state index contributed by atoms with van der Waals surface area (Å²) in [4.78, 5) is 32.1. The molecule has 9 nitrogen and oxygen atoms in total. The normalized spacial score (nSPS) is 16.1. The summed E-state index contributed by atoms with van der Waals surface area (Å²) in [6, 6.07) is 8.06. The van der Waals surface area contributed by atoms with Gasteiger partial charge in [0.1, 0.15) is 0 Å². The topological polar surface area (TPSA) is 109 Å². The second-order valence-corrected chi connectivity index (χ2v) is 9.88. The first kappa shape index (κ1) is 26.3. The summed E-state index contributed by atoms with van der Waals surface area (Å²) in [6.07, 6.45) is 3.85. The van der Waals surface area contributed by atoms with Crippen LogP contribution in [-0.4, -0.2) is 35.6 Å². The summed E-state index contributed by atoms with van der Waals surface area (Å²) in [7, 11) is 0. The molecule has 0 radical (unpaired) electrons. The summed E-state index contributed by atoms with van der Waals surface area (Å²) in [5.41, 5.74) is 2.42. The summed E-state index contributed by atoms with van der Waals surface area (Å²) < 4.78 is 23.9. The molecule has 1 atom stereocenters. The van der Waals surface area contributed by atoms with Crippen molar-refractivity contribution in [3.8, 4) is 23.0 Å². The van der Waals surface area contributed by atoms with Crippen molar-refractivity contribution in [3.63, 3.8) is 0 Å². The molecule has 0 spiro atoms. The molecule has 0 fully saturated rings. The molecule has 39 heavy (non-hydrogen) atoms. The molecule has 2 aromatic carbocycles. The van der Waals surface area contributed by atoms with E-state index in [1.54, 1.807) is 50.3 Å². The third-order valence-electron chi connectivity index (χ3n) is 6.37.